The average Bonchev–Trinajstić information content (AvgIpc) is 2.39. The first-order valence-corrected chi connectivity index (χ1v) is 8.15. The van der Waals surface area contributed by atoms with Crippen LogP contribution in [0.3, 0.4) is 0 Å². The molecule has 0 aliphatic rings. The van der Waals surface area contributed by atoms with Crippen LogP contribution >= 0.6 is 23.4 Å². The van der Waals surface area contributed by atoms with Crippen LogP contribution in [0.1, 0.15) is 32.6 Å². The number of carboxylic acid groups (broad SMARTS) is 1. The van der Waals surface area contributed by atoms with E-state index in [1.54, 1.807) is 23.9 Å². The highest BCUT2D eigenvalue weighted by molar-refractivity contribution is 7.97. The highest BCUT2D eigenvalue weighted by Gasteiger charge is 2.07. The molecule has 1 N–H and O–H groups in total. The van der Waals surface area contributed by atoms with Crippen molar-refractivity contribution in [1.29, 1.82) is 0 Å². The van der Waals surface area contributed by atoms with E-state index in [1.165, 1.54) is 22.8 Å². The summed E-state index contributed by atoms with van der Waals surface area (Å²) < 4.78 is 0. The molecule has 2 aromatic carbocycles. The monoisotopic (exact) mass is 320 g/mol. The summed E-state index contributed by atoms with van der Waals surface area (Å²) in [6.45, 7) is 4.20. The van der Waals surface area contributed by atoms with Crippen molar-refractivity contribution in [3.05, 3.63) is 69.2 Å². The van der Waals surface area contributed by atoms with Gasteiger partial charge in [0.25, 0.3) is 0 Å². The predicted molar refractivity (Wildman–Crippen MR) is 89.3 cm³/mol. The largest absolute Gasteiger partial charge is 0.478 e. The third-order valence-corrected chi connectivity index (χ3v) is 4.51. The first-order valence-electron chi connectivity index (χ1n) is 6.62. The van der Waals surface area contributed by atoms with Gasteiger partial charge in [-0.1, -0.05) is 47.0 Å². The minimum absolute atomic E-state index is 0.225. The number of hydrogen-bond donors (Lipinski definition) is 1. The van der Waals surface area contributed by atoms with E-state index in [2.05, 4.69) is 32.0 Å². The van der Waals surface area contributed by atoms with Gasteiger partial charge in [-0.25, -0.2) is 4.79 Å². The zero-order valence-electron chi connectivity index (χ0n) is 12.0. The number of aryl methyl sites for hydroxylation is 2. The smallest absolute Gasteiger partial charge is 0.335 e. The van der Waals surface area contributed by atoms with Gasteiger partial charge < -0.3 is 5.11 Å². The Morgan fingerprint density at radius 3 is 2.33 bits per heavy atom. The van der Waals surface area contributed by atoms with E-state index in [0.717, 1.165) is 17.1 Å². The molecule has 0 spiro atoms. The van der Waals surface area contributed by atoms with Crippen LogP contribution in [0.2, 0.25) is 5.02 Å². The second kappa shape index (κ2) is 7.01. The fourth-order valence-corrected chi connectivity index (χ4v) is 3.53. The summed E-state index contributed by atoms with van der Waals surface area (Å²) in [6.07, 6.45) is 0. The Kier molecular flexibility index (Phi) is 5.32. The van der Waals surface area contributed by atoms with Gasteiger partial charge in [-0.2, -0.15) is 11.8 Å². The van der Waals surface area contributed by atoms with Crippen molar-refractivity contribution >= 4 is 29.3 Å². The molecule has 0 fully saturated rings. The maximum atomic E-state index is 10.9. The normalized spacial score (nSPS) is 10.6. The van der Waals surface area contributed by atoms with Crippen molar-refractivity contribution in [3.63, 3.8) is 0 Å². The Morgan fingerprint density at radius 2 is 1.76 bits per heavy atom. The van der Waals surface area contributed by atoms with Crippen molar-refractivity contribution in [3.8, 4) is 0 Å². The molecule has 2 aromatic rings. The van der Waals surface area contributed by atoms with E-state index in [4.69, 9.17) is 16.7 Å². The van der Waals surface area contributed by atoms with Gasteiger partial charge in [-0.3, -0.25) is 0 Å². The minimum Gasteiger partial charge on any atom is -0.478 e. The zero-order chi connectivity index (χ0) is 15.4. The molecular weight excluding hydrogens is 304 g/mol. The first-order chi connectivity index (χ1) is 9.95. The second-order valence-electron chi connectivity index (χ2n) is 5.10. The standard InChI is InChI=1S/C17H17ClO2S/c1-11-5-12(2)7-13(6-11)9-21-10-15-4-3-14(17(19)20)8-16(15)18/h3-8H,9-10H2,1-2H3,(H,19,20). The van der Waals surface area contributed by atoms with Crippen LogP contribution in [0, 0.1) is 13.8 Å². The predicted octanol–water partition coefficient (Wildman–Crippen LogP) is 5.09. The number of carboxylic acids is 1. The molecule has 0 unspecified atom stereocenters. The summed E-state index contributed by atoms with van der Waals surface area (Å²) in [4.78, 5) is 10.9. The molecule has 0 atom stereocenters. The van der Waals surface area contributed by atoms with Gasteiger partial charge in [0.1, 0.15) is 0 Å². The number of thioether (sulfide) groups is 1. The molecule has 0 amide bonds. The molecular formula is C17H17ClO2S. The Balaban J connectivity index is 1.98. The van der Waals surface area contributed by atoms with Gasteiger partial charge >= 0.3 is 5.97 Å². The maximum absolute atomic E-state index is 10.9. The molecule has 4 heteroatoms. The molecule has 0 heterocycles. The molecule has 0 saturated carbocycles. The number of hydrogen-bond acceptors (Lipinski definition) is 2. The van der Waals surface area contributed by atoms with Crippen LogP contribution in [0.25, 0.3) is 0 Å². The SMILES string of the molecule is Cc1cc(C)cc(CSCc2ccc(C(=O)O)cc2Cl)c1. The lowest BCUT2D eigenvalue weighted by molar-refractivity contribution is 0.0697. The topological polar surface area (TPSA) is 37.3 Å². The molecule has 0 aromatic heterocycles. The fourth-order valence-electron chi connectivity index (χ4n) is 2.23. The summed E-state index contributed by atoms with van der Waals surface area (Å²) in [5.41, 5.74) is 5.04. The lowest BCUT2D eigenvalue weighted by atomic mass is 10.1. The quantitative estimate of drug-likeness (QED) is 0.834. The molecule has 2 rings (SSSR count). The van der Waals surface area contributed by atoms with E-state index in [9.17, 15) is 4.79 Å². The van der Waals surface area contributed by atoms with Crippen molar-refractivity contribution in [2.75, 3.05) is 0 Å². The highest BCUT2D eigenvalue weighted by Crippen LogP contribution is 2.25. The van der Waals surface area contributed by atoms with Gasteiger partial charge in [0.05, 0.1) is 5.56 Å². The fraction of sp³-hybridized carbons (Fsp3) is 0.235. The van der Waals surface area contributed by atoms with Crippen LogP contribution in [-0.4, -0.2) is 11.1 Å². The highest BCUT2D eigenvalue weighted by atomic mass is 35.5. The van der Waals surface area contributed by atoms with Crippen LogP contribution < -0.4 is 0 Å². The van der Waals surface area contributed by atoms with E-state index in [0.29, 0.717) is 5.02 Å². The zero-order valence-corrected chi connectivity index (χ0v) is 13.6. The van der Waals surface area contributed by atoms with Crippen molar-refractivity contribution in [2.24, 2.45) is 0 Å². The molecule has 0 saturated heterocycles. The van der Waals surface area contributed by atoms with E-state index >= 15 is 0 Å². The lowest BCUT2D eigenvalue weighted by Crippen LogP contribution is -1.96. The van der Waals surface area contributed by atoms with Crippen LogP contribution in [0.5, 0.6) is 0 Å². The third-order valence-electron chi connectivity index (χ3n) is 3.11. The van der Waals surface area contributed by atoms with Gasteiger partial charge in [-0.15, -0.1) is 0 Å². The van der Waals surface area contributed by atoms with E-state index < -0.39 is 5.97 Å². The number of carbonyl (C=O) groups is 1. The number of halogens is 1. The second-order valence-corrected chi connectivity index (χ2v) is 6.49. The number of aromatic carboxylic acids is 1. The van der Waals surface area contributed by atoms with Gasteiger partial charge in [0.15, 0.2) is 0 Å². The van der Waals surface area contributed by atoms with Crippen molar-refractivity contribution < 1.29 is 9.90 Å². The van der Waals surface area contributed by atoms with E-state index in [-0.39, 0.29) is 5.56 Å². The van der Waals surface area contributed by atoms with Gasteiger partial charge in [0, 0.05) is 16.5 Å². The first kappa shape index (κ1) is 15.9. The van der Waals surface area contributed by atoms with Crippen LogP contribution in [0.4, 0.5) is 0 Å². The van der Waals surface area contributed by atoms with Crippen LogP contribution in [-0.2, 0) is 11.5 Å². The Morgan fingerprint density at radius 1 is 1.10 bits per heavy atom. The Labute approximate surface area is 134 Å². The minimum atomic E-state index is -0.952. The van der Waals surface area contributed by atoms with Crippen molar-refractivity contribution in [1.82, 2.24) is 0 Å². The number of benzene rings is 2. The van der Waals surface area contributed by atoms with Gasteiger partial charge in [-0.05, 0) is 37.1 Å². The third kappa shape index (κ3) is 4.51. The molecule has 0 aliphatic heterocycles. The Hall–Kier alpha value is -1.45. The van der Waals surface area contributed by atoms with E-state index in [1.807, 2.05) is 0 Å². The van der Waals surface area contributed by atoms with Crippen LogP contribution in [0.15, 0.2) is 36.4 Å². The summed E-state index contributed by atoms with van der Waals surface area (Å²) in [7, 11) is 0. The molecule has 110 valence electrons. The molecule has 0 radical (unpaired) electrons. The summed E-state index contributed by atoms with van der Waals surface area (Å²) in [5.74, 6) is 0.733. The number of rotatable bonds is 5. The summed E-state index contributed by atoms with van der Waals surface area (Å²) in [6, 6.07) is 11.4. The Bertz CT molecular complexity index is 648. The summed E-state index contributed by atoms with van der Waals surface area (Å²) >= 11 is 7.90. The molecule has 2 nitrogen and oxygen atoms in total. The molecule has 21 heavy (non-hydrogen) atoms. The van der Waals surface area contributed by atoms with Crippen molar-refractivity contribution in [2.45, 2.75) is 25.4 Å². The lowest BCUT2D eigenvalue weighted by Gasteiger charge is -2.07. The molecule has 0 aliphatic carbocycles. The molecule has 0 bridgehead atoms. The summed E-state index contributed by atoms with van der Waals surface area (Å²) in [5, 5.41) is 9.43. The maximum Gasteiger partial charge on any atom is 0.335 e. The average molecular weight is 321 g/mol. The van der Waals surface area contributed by atoms with Gasteiger partial charge in [0.2, 0.25) is 0 Å².